The molecule has 0 fully saturated rings. The van der Waals surface area contributed by atoms with Gasteiger partial charge in [-0.25, -0.2) is 0 Å². The lowest BCUT2D eigenvalue weighted by molar-refractivity contribution is -0.0265. The van der Waals surface area contributed by atoms with Crippen molar-refractivity contribution in [3.8, 4) is 0 Å². The molecular formula is C13H29NO5. The van der Waals surface area contributed by atoms with E-state index in [1.807, 2.05) is 20.8 Å². The molecule has 116 valence electrons. The molecule has 0 heterocycles. The normalized spacial score (nSPS) is 13.7. The topological polar surface area (TPSA) is 69.2 Å². The summed E-state index contributed by atoms with van der Waals surface area (Å²) in [4.78, 5) is 0. The third-order valence-corrected chi connectivity index (χ3v) is 2.05. The highest BCUT2D eigenvalue weighted by molar-refractivity contribution is 4.71. The lowest BCUT2D eigenvalue weighted by Crippen LogP contribution is -2.45. The SMILES string of the molecule is COCCOCCOCCOCC(O)NC(C)(C)C. The molecule has 0 amide bonds. The van der Waals surface area contributed by atoms with Crippen LogP contribution in [-0.4, -0.2) is 70.2 Å². The van der Waals surface area contributed by atoms with Gasteiger partial charge in [0.15, 0.2) is 0 Å². The first-order valence-electron chi connectivity index (χ1n) is 6.63. The van der Waals surface area contributed by atoms with E-state index in [0.717, 1.165) is 0 Å². The molecule has 0 aliphatic rings. The first-order chi connectivity index (χ1) is 8.95. The number of nitrogens with one attached hydrogen (secondary N) is 1. The van der Waals surface area contributed by atoms with E-state index < -0.39 is 6.23 Å². The highest BCUT2D eigenvalue weighted by Crippen LogP contribution is 1.99. The van der Waals surface area contributed by atoms with Gasteiger partial charge in [0.25, 0.3) is 0 Å². The molecule has 0 aromatic heterocycles. The van der Waals surface area contributed by atoms with E-state index >= 15 is 0 Å². The zero-order valence-electron chi connectivity index (χ0n) is 12.6. The standard InChI is InChI=1S/C13H29NO5/c1-13(2,3)14-12(15)11-19-10-9-18-8-7-17-6-5-16-4/h12,14-15H,5-11H2,1-4H3. The summed E-state index contributed by atoms with van der Waals surface area (Å²) in [6.45, 7) is 9.45. The quantitative estimate of drug-likeness (QED) is 0.398. The van der Waals surface area contributed by atoms with Crippen LogP contribution in [0.4, 0.5) is 0 Å². The Hall–Kier alpha value is -0.240. The van der Waals surface area contributed by atoms with Gasteiger partial charge in [0, 0.05) is 12.6 Å². The fourth-order valence-electron chi connectivity index (χ4n) is 1.32. The molecule has 0 spiro atoms. The van der Waals surface area contributed by atoms with Crippen LogP contribution in [0, 0.1) is 0 Å². The molecule has 1 unspecified atom stereocenters. The molecular weight excluding hydrogens is 250 g/mol. The zero-order chi connectivity index (χ0) is 14.6. The molecule has 6 heteroatoms. The molecule has 0 radical (unpaired) electrons. The van der Waals surface area contributed by atoms with Crippen LogP contribution in [0.15, 0.2) is 0 Å². The van der Waals surface area contributed by atoms with Gasteiger partial charge in [-0.3, -0.25) is 5.32 Å². The van der Waals surface area contributed by atoms with Crippen LogP contribution < -0.4 is 5.32 Å². The van der Waals surface area contributed by atoms with Crippen molar-refractivity contribution in [2.45, 2.75) is 32.5 Å². The molecule has 19 heavy (non-hydrogen) atoms. The number of methoxy groups -OCH3 is 1. The first kappa shape index (κ1) is 18.8. The molecule has 0 bridgehead atoms. The van der Waals surface area contributed by atoms with E-state index in [4.69, 9.17) is 18.9 Å². The maximum atomic E-state index is 9.60. The van der Waals surface area contributed by atoms with Gasteiger partial charge in [0.05, 0.1) is 46.2 Å². The summed E-state index contributed by atoms with van der Waals surface area (Å²) in [6, 6.07) is 0. The van der Waals surface area contributed by atoms with Gasteiger partial charge >= 0.3 is 0 Å². The van der Waals surface area contributed by atoms with Crippen molar-refractivity contribution >= 4 is 0 Å². The summed E-state index contributed by atoms with van der Waals surface area (Å²) < 4.78 is 20.7. The fourth-order valence-corrected chi connectivity index (χ4v) is 1.32. The van der Waals surface area contributed by atoms with Crippen LogP contribution in [0.5, 0.6) is 0 Å². The van der Waals surface area contributed by atoms with Crippen molar-refractivity contribution < 1.29 is 24.1 Å². The van der Waals surface area contributed by atoms with E-state index in [0.29, 0.717) is 39.6 Å². The van der Waals surface area contributed by atoms with Crippen LogP contribution >= 0.6 is 0 Å². The molecule has 2 N–H and O–H groups in total. The van der Waals surface area contributed by atoms with Crippen molar-refractivity contribution in [2.24, 2.45) is 0 Å². The van der Waals surface area contributed by atoms with E-state index in [-0.39, 0.29) is 12.1 Å². The minimum Gasteiger partial charge on any atom is -0.382 e. The molecule has 0 rings (SSSR count). The Bertz CT molecular complexity index is 196. The molecule has 0 aromatic carbocycles. The predicted octanol–water partition coefficient (Wildman–Crippen LogP) is 0.389. The Balaban J connectivity index is 3.18. The lowest BCUT2D eigenvalue weighted by atomic mass is 10.1. The summed E-state index contributed by atoms with van der Waals surface area (Å²) in [7, 11) is 1.64. The predicted molar refractivity (Wildman–Crippen MR) is 73.2 cm³/mol. The Kier molecular flexibility index (Phi) is 11.4. The summed E-state index contributed by atoms with van der Waals surface area (Å²) in [5, 5.41) is 12.6. The highest BCUT2D eigenvalue weighted by atomic mass is 16.6. The van der Waals surface area contributed by atoms with E-state index in [1.54, 1.807) is 7.11 Å². The fraction of sp³-hybridized carbons (Fsp3) is 1.00. The van der Waals surface area contributed by atoms with E-state index in [9.17, 15) is 5.11 Å². The zero-order valence-corrected chi connectivity index (χ0v) is 12.6. The monoisotopic (exact) mass is 279 g/mol. The van der Waals surface area contributed by atoms with Crippen LogP contribution in [0.1, 0.15) is 20.8 Å². The highest BCUT2D eigenvalue weighted by Gasteiger charge is 2.14. The minimum absolute atomic E-state index is 0.126. The summed E-state index contributed by atoms with van der Waals surface area (Å²) in [5.41, 5.74) is -0.126. The second kappa shape index (κ2) is 11.6. The molecule has 0 saturated carbocycles. The average molecular weight is 279 g/mol. The number of ether oxygens (including phenoxy) is 4. The van der Waals surface area contributed by atoms with Crippen molar-refractivity contribution in [2.75, 3.05) is 53.4 Å². The van der Waals surface area contributed by atoms with Gasteiger partial charge < -0.3 is 24.1 Å². The summed E-state index contributed by atoms with van der Waals surface area (Å²) >= 11 is 0. The van der Waals surface area contributed by atoms with Crippen molar-refractivity contribution in [3.05, 3.63) is 0 Å². The minimum atomic E-state index is -0.655. The molecule has 0 aliphatic heterocycles. The molecule has 0 aliphatic carbocycles. The van der Waals surface area contributed by atoms with Gasteiger partial charge in [-0.15, -0.1) is 0 Å². The smallest absolute Gasteiger partial charge is 0.128 e. The van der Waals surface area contributed by atoms with Gasteiger partial charge in [-0.2, -0.15) is 0 Å². The van der Waals surface area contributed by atoms with E-state index in [2.05, 4.69) is 5.32 Å². The van der Waals surface area contributed by atoms with E-state index in [1.165, 1.54) is 0 Å². The molecule has 1 atom stereocenters. The van der Waals surface area contributed by atoms with Gasteiger partial charge in [-0.05, 0) is 20.8 Å². The number of hydrogen-bond acceptors (Lipinski definition) is 6. The van der Waals surface area contributed by atoms with Gasteiger partial charge in [0.1, 0.15) is 6.23 Å². The maximum absolute atomic E-state index is 9.60. The number of hydrogen-bond donors (Lipinski definition) is 2. The first-order valence-corrected chi connectivity index (χ1v) is 6.63. The third-order valence-electron chi connectivity index (χ3n) is 2.05. The van der Waals surface area contributed by atoms with Crippen LogP contribution in [-0.2, 0) is 18.9 Å². The van der Waals surface area contributed by atoms with Crippen LogP contribution in [0.25, 0.3) is 0 Å². The van der Waals surface area contributed by atoms with Crippen LogP contribution in [0.3, 0.4) is 0 Å². The number of aliphatic hydroxyl groups excluding tert-OH is 1. The Morgan fingerprint density at radius 3 is 1.84 bits per heavy atom. The summed E-state index contributed by atoms with van der Waals surface area (Å²) in [5.74, 6) is 0. The van der Waals surface area contributed by atoms with Crippen molar-refractivity contribution in [1.82, 2.24) is 5.32 Å². The number of rotatable bonds is 12. The van der Waals surface area contributed by atoms with Crippen LogP contribution in [0.2, 0.25) is 0 Å². The number of aliphatic hydroxyl groups is 1. The molecule has 0 saturated heterocycles. The molecule has 6 nitrogen and oxygen atoms in total. The lowest BCUT2D eigenvalue weighted by Gasteiger charge is -2.24. The van der Waals surface area contributed by atoms with Gasteiger partial charge in [0.2, 0.25) is 0 Å². The second-order valence-corrected chi connectivity index (χ2v) is 5.20. The Morgan fingerprint density at radius 1 is 0.895 bits per heavy atom. The Morgan fingerprint density at radius 2 is 1.37 bits per heavy atom. The van der Waals surface area contributed by atoms with Crippen molar-refractivity contribution in [1.29, 1.82) is 0 Å². The maximum Gasteiger partial charge on any atom is 0.128 e. The Labute approximate surface area is 116 Å². The largest absolute Gasteiger partial charge is 0.382 e. The summed E-state index contributed by atoms with van der Waals surface area (Å²) in [6.07, 6.45) is -0.655. The van der Waals surface area contributed by atoms with Gasteiger partial charge in [-0.1, -0.05) is 0 Å². The second-order valence-electron chi connectivity index (χ2n) is 5.20. The van der Waals surface area contributed by atoms with Crippen molar-refractivity contribution in [3.63, 3.8) is 0 Å². The third kappa shape index (κ3) is 15.7. The average Bonchev–Trinajstić information content (AvgIpc) is 2.29. The molecule has 0 aromatic rings.